The number of nitrogens with one attached hydrogen (secondary N) is 2. The van der Waals surface area contributed by atoms with Gasteiger partial charge in [0.1, 0.15) is 11.2 Å². The second-order valence-electron chi connectivity index (χ2n) is 20.2. The Morgan fingerprint density at radius 2 is 0.838 bits per heavy atom. The zero-order valence-corrected chi connectivity index (χ0v) is 53.4. The van der Waals surface area contributed by atoms with Crippen LogP contribution in [0.4, 0.5) is 9.59 Å². The third-order valence-corrected chi connectivity index (χ3v) is 12.0. The van der Waals surface area contributed by atoms with E-state index in [1.165, 1.54) is 11.1 Å². The number of pyridine rings is 3. The van der Waals surface area contributed by atoms with Gasteiger partial charge in [0, 0.05) is 72.3 Å². The summed E-state index contributed by atoms with van der Waals surface area (Å²) in [5, 5.41) is 5.66. The van der Waals surface area contributed by atoms with E-state index in [4.69, 9.17) is 53.5 Å². The molecule has 3 aromatic heterocycles. The fourth-order valence-electron chi connectivity index (χ4n) is 6.61. The number of ether oxygens (including phenoxy) is 2. The van der Waals surface area contributed by atoms with E-state index in [9.17, 15) is 9.59 Å². The number of benzene rings is 4. The molecule has 0 radical (unpaired) electrons. The van der Waals surface area contributed by atoms with Gasteiger partial charge in [0.2, 0.25) is 0 Å². The summed E-state index contributed by atoms with van der Waals surface area (Å²) in [5.41, 5.74) is 19.4. The predicted molar refractivity (Wildman–Crippen MR) is 341 cm³/mol. The molecule has 80 heavy (non-hydrogen) atoms. The van der Waals surface area contributed by atoms with E-state index in [1.54, 1.807) is 37.2 Å². The molecular weight excluding hydrogens is 1230 g/mol. The van der Waals surface area contributed by atoms with E-state index in [0.717, 1.165) is 47.8 Å². The number of rotatable bonds is 9. The van der Waals surface area contributed by atoms with E-state index in [2.05, 4.69) is 69.6 Å². The molecule has 6 N–H and O–H groups in total. The van der Waals surface area contributed by atoms with Crippen molar-refractivity contribution >= 4 is 105 Å². The first-order chi connectivity index (χ1) is 36.9. The molecule has 0 unspecified atom stereocenters. The molecule has 432 valence electrons. The summed E-state index contributed by atoms with van der Waals surface area (Å²) in [6.45, 7) is 21.3. The minimum atomic E-state index is -0.483. The molecule has 1 saturated heterocycles. The molecule has 0 aliphatic carbocycles. The number of alkyl carbamates (subject to hydrolysis) is 2. The molecule has 2 amide bonds. The number of nitrogens with zero attached hydrogens (tertiary/aromatic N) is 3. The lowest BCUT2D eigenvalue weighted by molar-refractivity contribution is 0.00578. The molecule has 1 aliphatic rings. The number of alkyl halides is 2. The number of hydrogen-bond acceptors (Lipinski definition) is 11. The number of aromatic nitrogens is 3. The fraction of sp³-hybridized carbons (Fsp3) is 0.317. The molecule has 0 saturated carbocycles. The molecule has 1 aliphatic heterocycles. The van der Waals surface area contributed by atoms with Crippen LogP contribution in [0.3, 0.4) is 0 Å². The lowest BCUT2D eigenvalue weighted by Crippen LogP contribution is -2.41. The second-order valence-corrected chi connectivity index (χ2v) is 22.9. The van der Waals surface area contributed by atoms with Crippen LogP contribution in [0.15, 0.2) is 180 Å². The highest BCUT2D eigenvalue weighted by atomic mass is 79.9. The summed E-state index contributed by atoms with van der Waals surface area (Å²) in [4.78, 5) is 35.0. The summed E-state index contributed by atoms with van der Waals surface area (Å²) in [6.07, 6.45) is 9.82. The van der Waals surface area contributed by atoms with Crippen LogP contribution >= 0.6 is 79.9 Å². The third kappa shape index (κ3) is 29.0. The summed E-state index contributed by atoms with van der Waals surface area (Å²) >= 11 is 16.2. The van der Waals surface area contributed by atoms with Crippen LogP contribution in [0.2, 0.25) is 0 Å². The zero-order chi connectivity index (χ0) is 57.8. The number of carbonyl (C=O) groups is 2. The Labute approximate surface area is 513 Å². The van der Waals surface area contributed by atoms with Gasteiger partial charge in [-0.3, -0.25) is 15.0 Å². The highest BCUT2D eigenvalue weighted by Gasteiger charge is 2.51. The van der Waals surface area contributed by atoms with Crippen LogP contribution in [0.25, 0.3) is 22.3 Å². The van der Waals surface area contributed by atoms with Gasteiger partial charge < -0.3 is 40.9 Å². The quantitative estimate of drug-likeness (QED) is 0.0796. The van der Waals surface area contributed by atoms with Crippen LogP contribution in [0.1, 0.15) is 91.5 Å². The van der Waals surface area contributed by atoms with Crippen molar-refractivity contribution in [2.75, 3.05) is 5.34 Å². The Balaban J connectivity index is 0.000000500. The number of nitrogens with two attached hydrogens (primary N) is 2. The van der Waals surface area contributed by atoms with E-state index < -0.39 is 23.4 Å². The average Bonchev–Trinajstić information content (AvgIpc) is 3.66. The minimum absolute atomic E-state index is 0. The first-order valence-corrected chi connectivity index (χ1v) is 27.7. The summed E-state index contributed by atoms with van der Waals surface area (Å²) < 4.78 is 24.2. The zero-order valence-electron chi connectivity index (χ0n) is 47.1. The van der Waals surface area contributed by atoms with Crippen LogP contribution in [-0.2, 0) is 45.0 Å². The lowest BCUT2D eigenvalue weighted by Gasteiger charge is -2.32. The molecule has 4 heterocycles. The van der Waals surface area contributed by atoms with E-state index in [-0.39, 0.29) is 48.5 Å². The minimum Gasteiger partial charge on any atom is -0.444 e. The SMILES string of the molecule is CC(C)(C)OC(=O)NCc1cccc(-c2ccncc2)c1.CC(C)(C)OC(=O)NCc1cccc(Br)c1.CC1(C)OB(c2ccncc2)OC1(C)C.Cl.Cl.ClCCl.NCc1cccc(-c2ccncc2)c1.NCc1cccc(Br)c1. The molecule has 7 aromatic rings. The van der Waals surface area contributed by atoms with Gasteiger partial charge in [-0.1, -0.05) is 92.5 Å². The molecular formula is C60H76BBr2Cl4N7O6. The monoisotopic (exact) mass is 1300 g/mol. The van der Waals surface area contributed by atoms with Crippen molar-refractivity contribution in [1.29, 1.82) is 0 Å². The van der Waals surface area contributed by atoms with Gasteiger partial charge in [0.05, 0.1) is 16.5 Å². The standard InChI is InChI=1S/C17H20N2O2.C12H16BrNO2.C12H12N2.C11H16BNO2.C7H8BrN.CH2Cl2.2ClH/c1-17(2,3)21-16(20)19-12-13-5-4-6-15(11-13)14-7-9-18-10-8-14;1-12(2,3)16-11(15)14-8-9-5-4-6-10(13)7-9;13-9-10-2-1-3-12(8-10)11-4-6-14-7-5-11;1-10(2)11(3,4)15-12(14-10)9-5-7-13-8-6-9;8-7-3-1-2-6(4-7)5-9;2-1-3;;/h4-11H,12H2,1-3H3,(H,19,20);4-7H,8H2,1-3H3,(H,14,15);1-8H,9,13H2;5-8H,1-4H3;1-4H,5,9H2;1H2;2*1H. The maximum atomic E-state index is 11.6. The number of hydrogen-bond donors (Lipinski definition) is 4. The predicted octanol–water partition coefficient (Wildman–Crippen LogP) is 15.0. The summed E-state index contributed by atoms with van der Waals surface area (Å²) in [6, 6.07) is 43.8. The van der Waals surface area contributed by atoms with Gasteiger partial charge in [-0.05, 0) is 192 Å². The van der Waals surface area contributed by atoms with Crippen molar-refractivity contribution in [2.45, 2.75) is 118 Å². The van der Waals surface area contributed by atoms with Crippen molar-refractivity contribution in [3.63, 3.8) is 0 Å². The third-order valence-electron chi connectivity index (χ3n) is 11.0. The van der Waals surface area contributed by atoms with Gasteiger partial charge in [0.15, 0.2) is 0 Å². The first kappa shape index (κ1) is 72.9. The Morgan fingerprint density at radius 1 is 0.525 bits per heavy atom. The Kier molecular flexibility index (Phi) is 33.8. The van der Waals surface area contributed by atoms with Crippen LogP contribution in [-0.4, -0.2) is 62.0 Å². The van der Waals surface area contributed by atoms with Gasteiger partial charge in [-0.2, -0.15) is 0 Å². The topological polar surface area (TPSA) is 186 Å². The van der Waals surface area contributed by atoms with Crippen molar-refractivity contribution in [3.05, 3.63) is 202 Å². The van der Waals surface area contributed by atoms with E-state index in [1.807, 2.05) is 191 Å². The molecule has 0 bridgehead atoms. The van der Waals surface area contributed by atoms with Crippen molar-refractivity contribution in [1.82, 2.24) is 25.6 Å². The van der Waals surface area contributed by atoms with Crippen LogP contribution in [0.5, 0.6) is 0 Å². The lowest BCUT2D eigenvalue weighted by atomic mass is 9.80. The number of halogens is 6. The van der Waals surface area contributed by atoms with Crippen molar-refractivity contribution in [2.24, 2.45) is 11.5 Å². The van der Waals surface area contributed by atoms with Crippen molar-refractivity contribution < 1.29 is 28.4 Å². The van der Waals surface area contributed by atoms with Gasteiger partial charge in [-0.15, -0.1) is 48.0 Å². The summed E-state index contributed by atoms with van der Waals surface area (Å²) in [7, 11) is -0.280. The maximum absolute atomic E-state index is 11.6. The molecule has 20 heteroatoms. The fourth-order valence-corrected chi connectivity index (χ4v) is 7.51. The smallest absolute Gasteiger partial charge is 0.444 e. The molecule has 4 aromatic carbocycles. The highest BCUT2D eigenvalue weighted by molar-refractivity contribution is 9.10. The van der Waals surface area contributed by atoms with Crippen molar-refractivity contribution in [3.8, 4) is 22.3 Å². The largest absolute Gasteiger partial charge is 0.494 e. The molecule has 0 spiro atoms. The Morgan fingerprint density at radius 3 is 1.19 bits per heavy atom. The number of amides is 2. The van der Waals surface area contributed by atoms with Gasteiger partial charge in [0.25, 0.3) is 0 Å². The highest BCUT2D eigenvalue weighted by Crippen LogP contribution is 2.36. The van der Waals surface area contributed by atoms with Crippen LogP contribution < -0.4 is 27.6 Å². The molecule has 0 atom stereocenters. The van der Waals surface area contributed by atoms with Gasteiger partial charge in [-0.25, -0.2) is 9.59 Å². The number of carbonyl (C=O) groups excluding carboxylic acids is 2. The second kappa shape index (κ2) is 37.1. The van der Waals surface area contributed by atoms with Crippen LogP contribution in [0, 0.1) is 0 Å². The molecule has 13 nitrogen and oxygen atoms in total. The molecule has 8 rings (SSSR count). The normalized spacial score (nSPS) is 12.5. The van der Waals surface area contributed by atoms with E-state index >= 15 is 0 Å². The molecule has 1 fully saturated rings. The van der Waals surface area contributed by atoms with E-state index in [0.29, 0.717) is 26.2 Å². The Bertz CT molecular complexity index is 2840. The van der Waals surface area contributed by atoms with Gasteiger partial charge >= 0.3 is 19.3 Å². The first-order valence-electron chi connectivity index (χ1n) is 25.1. The maximum Gasteiger partial charge on any atom is 0.494 e. The summed E-state index contributed by atoms with van der Waals surface area (Å²) in [5.74, 6) is 0. The Hall–Kier alpha value is -5.11. The average molecular weight is 1300 g/mol.